The summed E-state index contributed by atoms with van der Waals surface area (Å²) in [5.41, 5.74) is 0.842. The molecule has 0 radical (unpaired) electrons. The van der Waals surface area contributed by atoms with Crippen molar-refractivity contribution in [2.24, 2.45) is 0 Å². The van der Waals surface area contributed by atoms with Crippen molar-refractivity contribution in [2.75, 3.05) is 20.2 Å². The normalized spacial score (nSPS) is 11.9. The van der Waals surface area contributed by atoms with Crippen LogP contribution in [-0.2, 0) is 4.79 Å². The van der Waals surface area contributed by atoms with E-state index in [0.29, 0.717) is 34.1 Å². The van der Waals surface area contributed by atoms with Gasteiger partial charge in [0.25, 0.3) is 0 Å². The van der Waals surface area contributed by atoms with Crippen LogP contribution in [0.2, 0.25) is 10.0 Å². The van der Waals surface area contributed by atoms with Crippen LogP contribution >= 0.6 is 35.0 Å². The van der Waals surface area contributed by atoms with Crippen LogP contribution in [-0.4, -0.2) is 51.0 Å². The van der Waals surface area contributed by atoms with Gasteiger partial charge in [-0.05, 0) is 49.4 Å². The molecule has 0 N–H and O–H groups in total. The number of rotatable bonds is 8. The molecule has 0 aliphatic carbocycles. The van der Waals surface area contributed by atoms with Crippen LogP contribution in [0, 0.1) is 0 Å². The molecule has 1 unspecified atom stereocenters. The van der Waals surface area contributed by atoms with Crippen LogP contribution < -0.4 is 4.74 Å². The van der Waals surface area contributed by atoms with Crippen molar-refractivity contribution in [3.05, 3.63) is 64.9 Å². The van der Waals surface area contributed by atoms with Crippen LogP contribution in [0.25, 0.3) is 5.69 Å². The van der Waals surface area contributed by atoms with Crippen molar-refractivity contribution >= 4 is 40.9 Å². The van der Waals surface area contributed by atoms with E-state index < -0.39 is 0 Å². The van der Waals surface area contributed by atoms with E-state index in [1.54, 1.807) is 48.6 Å². The minimum Gasteiger partial charge on any atom is -0.492 e. The Morgan fingerprint density at radius 3 is 2.69 bits per heavy atom. The Kier molecular flexibility index (Phi) is 7.41. The number of halogens is 2. The zero-order valence-electron chi connectivity index (χ0n) is 16.0. The van der Waals surface area contributed by atoms with Gasteiger partial charge >= 0.3 is 0 Å². The molecule has 0 fully saturated rings. The van der Waals surface area contributed by atoms with Gasteiger partial charge in [0.2, 0.25) is 5.91 Å². The molecule has 0 aliphatic rings. The SMILES string of the molecule is CC(Sc1nncn1-c1cccc(Cl)c1)C(=O)N(C)CCOc1ccc(Cl)cc1. The van der Waals surface area contributed by atoms with Gasteiger partial charge in [0.1, 0.15) is 18.7 Å². The number of amides is 1. The monoisotopic (exact) mass is 450 g/mol. The largest absolute Gasteiger partial charge is 0.492 e. The summed E-state index contributed by atoms with van der Waals surface area (Å²) >= 11 is 13.3. The van der Waals surface area contributed by atoms with Gasteiger partial charge in [-0.1, -0.05) is 41.0 Å². The number of carbonyl (C=O) groups is 1. The van der Waals surface area contributed by atoms with Crippen molar-refractivity contribution in [1.82, 2.24) is 19.7 Å². The van der Waals surface area contributed by atoms with Crippen molar-refractivity contribution in [3.8, 4) is 11.4 Å². The molecule has 9 heteroatoms. The van der Waals surface area contributed by atoms with E-state index in [0.717, 1.165) is 5.69 Å². The first kappa shape index (κ1) is 21.5. The summed E-state index contributed by atoms with van der Waals surface area (Å²) in [6.07, 6.45) is 1.61. The summed E-state index contributed by atoms with van der Waals surface area (Å²) in [5, 5.41) is 9.67. The molecule has 0 spiro atoms. The maximum atomic E-state index is 12.7. The quantitative estimate of drug-likeness (QED) is 0.469. The molecule has 1 heterocycles. The smallest absolute Gasteiger partial charge is 0.235 e. The zero-order chi connectivity index (χ0) is 20.8. The highest BCUT2D eigenvalue weighted by Crippen LogP contribution is 2.26. The lowest BCUT2D eigenvalue weighted by atomic mass is 10.3. The Labute approximate surface area is 183 Å². The molecule has 1 atom stereocenters. The second-order valence-corrected chi connectivity index (χ2v) is 8.47. The minimum atomic E-state index is -0.335. The first-order valence-electron chi connectivity index (χ1n) is 8.90. The van der Waals surface area contributed by atoms with Gasteiger partial charge in [-0.15, -0.1) is 10.2 Å². The summed E-state index contributed by atoms with van der Waals surface area (Å²) in [4.78, 5) is 14.4. The molecule has 0 bridgehead atoms. The van der Waals surface area contributed by atoms with Crippen LogP contribution in [0.1, 0.15) is 6.92 Å². The third kappa shape index (κ3) is 5.88. The molecule has 6 nitrogen and oxygen atoms in total. The molecule has 0 saturated carbocycles. The highest BCUT2D eigenvalue weighted by Gasteiger charge is 2.21. The highest BCUT2D eigenvalue weighted by atomic mass is 35.5. The lowest BCUT2D eigenvalue weighted by Gasteiger charge is -2.21. The predicted octanol–water partition coefficient (Wildman–Crippen LogP) is 4.59. The van der Waals surface area contributed by atoms with Crippen molar-refractivity contribution < 1.29 is 9.53 Å². The Bertz CT molecular complexity index is 965. The van der Waals surface area contributed by atoms with Gasteiger partial charge in [0.05, 0.1) is 17.5 Å². The fourth-order valence-corrected chi connectivity index (χ4v) is 3.84. The summed E-state index contributed by atoms with van der Waals surface area (Å²) < 4.78 is 7.47. The van der Waals surface area contributed by atoms with Crippen LogP contribution in [0.5, 0.6) is 5.75 Å². The Hall–Kier alpha value is -2.22. The zero-order valence-corrected chi connectivity index (χ0v) is 18.3. The molecule has 0 saturated heterocycles. The topological polar surface area (TPSA) is 60.2 Å². The average Bonchev–Trinajstić information content (AvgIpc) is 3.17. The van der Waals surface area contributed by atoms with Crippen molar-refractivity contribution in [3.63, 3.8) is 0 Å². The maximum Gasteiger partial charge on any atom is 0.235 e. The third-order valence-corrected chi connectivity index (χ3v) is 5.65. The Morgan fingerprint density at radius 1 is 1.21 bits per heavy atom. The third-order valence-electron chi connectivity index (χ3n) is 4.12. The lowest BCUT2D eigenvalue weighted by molar-refractivity contribution is -0.129. The number of carbonyl (C=O) groups excluding carboxylic acids is 1. The summed E-state index contributed by atoms with van der Waals surface area (Å²) in [7, 11) is 1.76. The van der Waals surface area contributed by atoms with E-state index in [2.05, 4.69) is 10.2 Å². The number of thioether (sulfide) groups is 1. The fraction of sp³-hybridized carbons (Fsp3) is 0.250. The number of nitrogens with zero attached hydrogens (tertiary/aromatic N) is 4. The molecular formula is C20H20Cl2N4O2S. The molecule has 1 amide bonds. The number of likely N-dealkylation sites (N-methyl/N-ethyl adjacent to an activating group) is 1. The van der Waals surface area contributed by atoms with Crippen LogP contribution in [0.15, 0.2) is 60.0 Å². The fourth-order valence-electron chi connectivity index (χ4n) is 2.57. The number of ether oxygens (including phenoxy) is 1. The predicted molar refractivity (Wildman–Crippen MR) is 116 cm³/mol. The number of hydrogen-bond acceptors (Lipinski definition) is 5. The van der Waals surface area contributed by atoms with E-state index in [1.165, 1.54) is 11.8 Å². The number of benzene rings is 2. The molecule has 0 aliphatic heterocycles. The summed E-state index contributed by atoms with van der Waals surface area (Å²) in [5.74, 6) is 0.697. The first-order valence-corrected chi connectivity index (χ1v) is 10.5. The van der Waals surface area contributed by atoms with E-state index in [4.69, 9.17) is 27.9 Å². The second kappa shape index (κ2) is 10.0. The molecule has 3 rings (SSSR count). The average molecular weight is 451 g/mol. The van der Waals surface area contributed by atoms with E-state index in [9.17, 15) is 4.79 Å². The Morgan fingerprint density at radius 2 is 1.97 bits per heavy atom. The number of aromatic nitrogens is 3. The molecule has 29 heavy (non-hydrogen) atoms. The Balaban J connectivity index is 1.55. The van der Waals surface area contributed by atoms with Gasteiger partial charge in [-0.3, -0.25) is 9.36 Å². The second-order valence-electron chi connectivity index (χ2n) is 6.29. The van der Waals surface area contributed by atoms with Gasteiger partial charge < -0.3 is 9.64 Å². The first-order chi connectivity index (χ1) is 13.9. The lowest BCUT2D eigenvalue weighted by Crippen LogP contribution is -2.36. The van der Waals surface area contributed by atoms with E-state index >= 15 is 0 Å². The molecule has 3 aromatic rings. The number of hydrogen-bond donors (Lipinski definition) is 0. The van der Waals surface area contributed by atoms with Gasteiger partial charge in [0, 0.05) is 17.1 Å². The van der Waals surface area contributed by atoms with Crippen LogP contribution in [0.3, 0.4) is 0 Å². The standard InChI is InChI=1S/C20H20Cl2N4O2S/c1-14(19(27)25(2)10-11-28-18-8-6-15(21)7-9-18)29-20-24-23-13-26(20)17-5-3-4-16(22)12-17/h3-9,12-14H,10-11H2,1-2H3. The van der Waals surface area contributed by atoms with Crippen molar-refractivity contribution in [2.45, 2.75) is 17.3 Å². The van der Waals surface area contributed by atoms with Gasteiger partial charge in [-0.2, -0.15) is 0 Å². The molecular weight excluding hydrogens is 431 g/mol. The van der Waals surface area contributed by atoms with E-state index in [1.807, 2.05) is 29.7 Å². The molecule has 2 aromatic carbocycles. The molecule has 1 aromatic heterocycles. The maximum absolute atomic E-state index is 12.7. The summed E-state index contributed by atoms with van der Waals surface area (Å²) in [6, 6.07) is 14.5. The highest BCUT2D eigenvalue weighted by molar-refractivity contribution is 8.00. The van der Waals surface area contributed by atoms with Gasteiger partial charge in [0.15, 0.2) is 5.16 Å². The summed E-state index contributed by atoms with van der Waals surface area (Å²) in [6.45, 7) is 2.70. The molecule has 152 valence electrons. The van der Waals surface area contributed by atoms with E-state index in [-0.39, 0.29) is 11.2 Å². The minimum absolute atomic E-state index is 0.0182. The van der Waals surface area contributed by atoms with Crippen molar-refractivity contribution in [1.29, 1.82) is 0 Å². The van der Waals surface area contributed by atoms with Crippen LogP contribution in [0.4, 0.5) is 0 Å². The van der Waals surface area contributed by atoms with Gasteiger partial charge in [-0.25, -0.2) is 0 Å².